The van der Waals surface area contributed by atoms with E-state index in [1.165, 1.54) is 47.4 Å². The standard InChI is InChI=1S/C31H23F3N6O4S/c1-16-9-18-11-26(38-25(18)13-24(16)39-45(42,43)20-6-3-5-19(32)12-20)29(41)21-14-37-40(31(21)35)27-15-36-28(10-17(27)2)44-30-22(33)7-4-8-23(30)34/h3-15,38-39H,35H2,1-2H3. The summed E-state index contributed by atoms with van der Waals surface area (Å²) < 4.78 is 76.4. The van der Waals surface area contributed by atoms with Crippen molar-refractivity contribution < 1.29 is 31.1 Å². The Kier molecular flexibility index (Phi) is 7.29. The van der Waals surface area contributed by atoms with E-state index in [9.17, 15) is 26.4 Å². The highest BCUT2D eigenvalue weighted by Gasteiger charge is 2.22. The smallest absolute Gasteiger partial charge is 0.262 e. The Morgan fingerprint density at radius 1 is 0.956 bits per heavy atom. The molecule has 0 saturated heterocycles. The first-order valence-corrected chi connectivity index (χ1v) is 14.8. The second-order valence-electron chi connectivity index (χ2n) is 10.1. The first-order chi connectivity index (χ1) is 21.4. The maximum atomic E-state index is 14.0. The SMILES string of the molecule is Cc1cc2cc(C(=O)c3cnn(-c4cnc(Oc5c(F)cccc5F)cc4C)c3N)[nH]c2cc1NS(=O)(=O)c1cccc(F)c1. The molecule has 0 amide bonds. The van der Waals surface area contributed by atoms with E-state index in [-0.39, 0.29) is 33.5 Å². The summed E-state index contributed by atoms with van der Waals surface area (Å²) in [4.78, 5) is 20.4. The zero-order valence-corrected chi connectivity index (χ0v) is 24.4. The molecule has 0 aliphatic heterocycles. The van der Waals surface area contributed by atoms with Crippen molar-refractivity contribution >= 4 is 38.2 Å². The second-order valence-corrected chi connectivity index (χ2v) is 11.8. The molecule has 228 valence electrons. The number of para-hydroxylation sites is 1. The van der Waals surface area contributed by atoms with Gasteiger partial charge in [0.25, 0.3) is 10.0 Å². The molecule has 10 nitrogen and oxygen atoms in total. The molecule has 0 bridgehead atoms. The highest BCUT2D eigenvalue weighted by molar-refractivity contribution is 7.92. The van der Waals surface area contributed by atoms with Crippen LogP contribution in [0.3, 0.4) is 0 Å². The van der Waals surface area contributed by atoms with Crippen molar-refractivity contribution in [1.82, 2.24) is 19.7 Å². The zero-order chi connectivity index (χ0) is 32.0. The number of anilines is 2. The Hall–Kier alpha value is -5.63. The minimum atomic E-state index is -4.08. The first-order valence-electron chi connectivity index (χ1n) is 13.3. The summed E-state index contributed by atoms with van der Waals surface area (Å²) in [6.07, 6.45) is 2.64. The van der Waals surface area contributed by atoms with Gasteiger partial charge >= 0.3 is 0 Å². The quantitative estimate of drug-likeness (QED) is 0.170. The molecule has 3 aromatic carbocycles. The Bertz CT molecular complexity index is 2230. The Morgan fingerprint density at radius 3 is 2.40 bits per heavy atom. The Morgan fingerprint density at radius 2 is 1.69 bits per heavy atom. The van der Waals surface area contributed by atoms with Gasteiger partial charge in [0.15, 0.2) is 11.6 Å². The van der Waals surface area contributed by atoms with Gasteiger partial charge in [0.2, 0.25) is 17.4 Å². The first kappa shape index (κ1) is 29.4. The van der Waals surface area contributed by atoms with Crippen LogP contribution in [-0.4, -0.2) is 33.9 Å². The molecule has 6 rings (SSSR count). The van der Waals surface area contributed by atoms with Crippen molar-refractivity contribution in [2.75, 3.05) is 10.5 Å². The summed E-state index contributed by atoms with van der Waals surface area (Å²) in [5.74, 6) is -3.57. The van der Waals surface area contributed by atoms with Gasteiger partial charge < -0.3 is 15.5 Å². The summed E-state index contributed by atoms with van der Waals surface area (Å²) in [5, 5.41) is 4.88. The molecule has 0 atom stereocenters. The van der Waals surface area contributed by atoms with Gasteiger partial charge in [0, 0.05) is 17.0 Å². The number of fused-ring (bicyclic) bond motifs is 1. The van der Waals surface area contributed by atoms with Gasteiger partial charge in [-0.25, -0.2) is 31.3 Å². The molecule has 14 heteroatoms. The fourth-order valence-corrected chi connectivity index (χ4v) is 5.87. The van der Waals surface area contributed by atoms with E-state index in [0.717, 1.165) is 24.3 Å². The molecule has 0 aliphatic carbocycles. The van der Waals surface area contributed by atoms with Crippen molar-refractivity contribution in [3.05, 3.63) is 119 Å². The molecule has 3 heterocycles. The average Bonchev–Trinajstić information content (AvgIpc) is 3.58. The summed E-state index contributed by atoms with van der Waals surface area (Å²) in [6, 6.07) is 14.3. The Balaban J connectivity index is 1.26. The van der Waals surface area contributed by atoms with Crippen LogP contribution in [0.25, 0.3) is 16.6 Å². The number of pyridine rings is 1. The summed E-state index contributed by atoms with van der Waals surface area (Å²) in [6.45, 7) is 3.38. The average molecular weight is 633 g/mol. The topological polar surface area (TPSA) is 145 Å². The van der Waals surface area contributed by atoms with Gasteiger partial charge in [-0.2, -0.15) is 5.10 Å². The van der Waals surface area contributed by atoms with Gasteiger partial charge in [0.05, 0.1) is 39.9 Å². The van der Waals surface area contributed by atoms with E-state index in [1.807, 2.05) is 0 Å². The molecule has 4 N–H and O–H groups in total. The number of aromatic amines is 1. The number of benzene rings is 3. The van der Waals surface area contributed by atoms with Gasteiger partial charge in [-0.1, -0.05) is 12.1 Å². The molecular formula is C31H23F3N6O4S. The van der Waals surface area contributed by atoms with Crippen molar-refractivity contribution in [2.24, 2.45) is 0 Å². The van der Waals surface area contributed by atoms with E-state index in [1.54, 1.807) is 26.0 Å². The molecule has 0 saturated carbocycles. The van der Waals surface area contributed by atoms with E-state index in [2.05, 4.69) is 19.8 Å². The predicted octanol–water partition coefficient (Wildman–Crippen LogP) is 6.19. The van der Waals surface area contributed by atoms with Crippen LogP contribution < -0.4 is 15.2 Å². The maximum Gasteiger partial charge on any atom is 0.262 e. The van der Waals surface area contributed by atoms with Crippen LogP contribution in [0.5, 0.6) is 11.6 Å². The van der Waals surface area contributed by atoms with Gasteiger partial charge in [-0.3, -0.25) is 9.52 Å². The van der Waals surface area contributed by atoms with Gasteiger partial charge in [-0.15, -0.1) is 0 Å². The number of nitrogens with two attached hydrogens (primary N) is 1. The highest BCUT2D eigenvalue weighted by atomic mass is 32.2. The number of ketones is 1. The van der Waals surface area contributed by atoms with Crippen LogP contribution in [0.2, 0.25) is 0 Å². The van der Waals surface area contributed by atoms with E-state index < -0.39 is 39.0 Å². The van der Waals surface area contributed by atoms with Crippen molar-refractivity contribution in [2.45, 2.75) is 18.7 Å². The largest absolute Gasteiger partial charge is 0.433 e. The number of hydrogen-bond donors (Lipinski definition) is 3. The van der Waals surface area contributed by atoms with Crippen LogP contribution >= 0.6 is 0 Å². The number of hydrogen-bond acceptors (Lipinski definition) is 7. The van der Waals surface area contributed by atoms with Gasteiger partial charge in [0.1, 0.15) is 11.6 Å². The number of nitrogens with zero attached hydrogens (tertiary/aromatic N) is 3. The number of ether oxygens (including phenoxy) is 1. The fourth-order valence-electron chi connectivity index (χ4n) is 4.72. The lowest BCUT2D eigenvalue weighted by Gasteiger charge is -2.11. The summed E-state index contributed by atoms with van der Waals surface area (Å²) >= 11 is 0. The number of halogens is 3. The molecule has 3 aromatic heterocycles. The minimum absolute atomic E-state index is 0.0112. The summed E-state index contributed by atoms with van der Waals surface area (Å²) in [7, 11) is -4.08. The van der Waals surface area contributed by atoms with Crippen molar-refractivity contribution in [3.8, 4) is 17.3 Å². The van der Waals surface area contributed by atoms with Crippen LogP contribution in [0, 0.1) is 31.3 Å². The van der Waals surface area contributed by atoms with Gasteiger partial charge in [-0.05, 0) is 73.5 Å². The normalized spacial score (nSPS) is 11.6. The molecule has 45 heavy (non-hydrogen) atoms. The monoisotopic (exact) mass is 632 g/mol. The number of sulfonamides is 1. The zero-order valence-electron chi connectivity index (χ0n) is 23.6. The molecule has 0 aliphatic rings. The summed E-state index contributed by atoms with van der Waals surface area (Å²) in [5.41, 5.74) is 8.80. The maximum absolute atomic E-state index is 14.0. The number of H-pyrrole nitrogens is 1. The lowest BCUT2D eigenvalue weighted by atomic mass is 10.1. The number of nitrogen functional groups attached to an aromatic ring is 1. The predicted molar refractivity (Wildman–Crippen MR) is 161 cm³/mol. The third-order valence-electron chi connectivity index (χ3n) is 7.02. The number of aromatic nitrogens is 4. The molecule has 0 radical (unpaired) electrons. The van der Waals surface area contributed by atoms with E-state index in [4.69, 9.17) is 10.5 Å². The van der Waals surface area contributed by atoms with E-state index in [0.29, 0.717) is 27.7 Å². The lowest BCUT2D eigenvalue weighted by molar-refractivity contribution is 0.103. The lowest BCUT2D eigenvalue weighted by Crippen LogP contribution is -2.14. The number of carbonyl (C=O) groups is 1. The number of rotatable bonds is 8. The highest BCUT2D eigenvalue weighted by Crippen LogP contribution is 2.31. The van der Waals surface area contributed by atoms with Crippen molar-refractivity contribution in [3.63, 3.8) is 0 Å². The number of carbonyl (C=O) groups excluding carboxylic acids is 1. The van der Waals surface area contributed by atoms with E-state index >= 15 is 0 Å². The van der Waals surface area contributed by atoms with Crippen LogP contribution in [0.4, 0.5) is 24.7 Å². The van der Waals surface area contributed by atoms with Crippen molar-refractivity contribution in [1.29, 1.82) is 0 Å². The molecule has 6 aromatic rings. The number of nitrogens with one attached hydrogen (secondary N) is 2. The molecule has 0 fully saturated rings. The number of aryl methyl sites for hydroxylation is 2. The minimum Gasteiger partial charge on any atom is -0.433 e. The molecule has 0 unspecified atom stereocenters. The Labute approximate surface area is 254 Å². The molecular weight excluding hydrogens is 609 g/mol. The van der Waals surface area contributed by atoms with Crippen LogP contribution in [0.1, 0.15) is 27.2 Å². The molecule has 0 spiro atoms. The fraction of sp³-hybridized carbons (Fsp3) is 0.0645. The van der Waals surface area contributed by atoms with Crippen LogP contribution in [-0.2, 0) is 10.0 Å². The van der Waals surface area contributed by atoms with Crippen LogP contribution in [0.15, 0.2) is 84.0 Å². The second kappa shape index (κ2) is 11.1. The third kappa shape index (κ3) is 5.58. The third-order valence-corrected chi connectivity index (χ3v) is 8.39.